The van der Waals surface area contributed by atoms with E-state index in [0.717, 1.165) is 13.0 Å². The van der Waals surface area contributed by atoms with E-state index in [9.17, 15) is 4.79 Å². The van der Waals surface area contributed by atoms with Gasteiger partial charge >= 0.3 is 0 Å². The summed E-state index contributed by atoms with van der Waals surface area (Å²) in [6, 6.07) is 21.2. The second kappa shape index (κ2) is 7.22. The average molecular weight is 374 g/mol. The van der Waals surface area contributed by atoms with E-state index in [1.165, 1.54) is 23.0 Å². The van der Waals surface area contributed by atoms with Crippen LogP contribution in [0.25, 0.3) is 11.1 Å². The summed E-state index contributed by atoms with van der Waals surface area (Å²) in [6.07, 6.45) is 2.36. The minimum atomic E-state index is -0.0581. The van der Waals surface area contributed by atoms with Crippen LogP contribution in [0.4, 0.5) is 0 Å². The zero-order chi connectivity index (χ0) is 18.9. The van der Waals surface area contributed by atoms with Crippen molar-refractivity contribution in [2.24, 2.45) is 5.92 Å². The van der Waals surface area contributed by atoms with Gasteiger partial charge in [0.25, 0.3) is 5.91 Å². The predicted molar refractivity (Wildman–Crippen MR) is 105 cm³/mol. The van der Waals surface area contributed by atoms with Gasteiger partial charge in [-0.05, 0) is 23.1 Å². The Bertz CT molecular complexity index is 940. The molecule has 2 saturated heterocycles. The standard InChI is InChI=1S/C22H22N4O2/c27-22(20-11-13-28-25-20)26-12-10-19-18(14-26)21(24-23-19)17-8-6-16(7-9-17)15-4-2-1-3-5-15/h1-9,11,13,18-19,21,23-24H,10,12,14H2. The molecule has 3 atom stereocenters. The molecule has 0 bridgehead atoms. The van der Waals surface area contributed by atoms with Gasteiger partial charge in [-0.1, -0.05) is 59.8 Å². The van der Waals surface area contributed by atoms with Crippen LogP contribution in [0.15, 0.2) is 71.4 Å². The van der Waals surface area contributed by atoms with Gasteiger partial charge in [-0.25, -0.2) is 5.43 Å². The Hall–Kier alpha value is -2.96. The highest BCUT2D eigenvalue weighted by Gasteiger charge is 2.41. The number of hydrogen-bond acceptors (Lipinski definition) is 5. The normalized spacial score (nSPS) is 24.1. The summed E-state index contributed by atoms with van der Waals surface area (Å²) in [7, 11) is 0. The molecule has 6 nitrogen and oxygen atoms in total. The molecular formula is C22H22N4O2. The smallest absolute Gasteiger partial charge is 0.276 e. The van der Waals surface area contributed by atoms with Gasteiger partial charge in [-0.15, -0.1) is 0 Å². The van der Waals surface area contributed by atoms with Crippen LogP contribution < -0.4 is 10.9 Å². The summed E-state index contributed by atoms with van der Waals surface area (Å²) in [5.74, 6) is 0.254. The van der Waals surface area contributed by atoms with E-state index < -0.39 is 0 Å². The Morgan fingerprint density at radius 1 is 1.00 bits per heavy atom. The van der Waals surface area contributed by atoms with Crippen LogP contribution in [-0.4, -0.2) is 35.1 Å². The highest BCUT2D eigenvalue weighted by molar-refractivity contribution is 5.92. The molecule has 2 aliphatic rings. The van der Waals surface area contributed by atoms with E-state index in [-0.39, 0.29) is 11.9 Å². The number of amides is 1. The molecule has 3 aromatic rings. The Morgan fingerprint density at radius 3 is 2.54 bits per heavy atom. The molecule has 142 valence electrons. The van der Waals surface area contributed by atoms with E-state index in [1.54, 1.807) is 6.07 Å². The van der Waals surface area contributed by atoms with Crippen molar-refractivity contribution in [3.63, 3.8) is 0 Å². The molecule has 0 spiro atoms. The van der Waals surface area contributed by atoms with E-state index in [2.05, 4.69) is 64.5 Å². The Kier molecular flexibility index (Phi) is 4.43. The second-order valence-electron chi connectivity index (χ2n) is 7.45. The number of hydrogen-bond donors (Lipinski definition) is 2. The maximum Gasteiger partial charge on any atom is 0.276 e. The first-order chi connectivity index (χ1) is 13.8. The van der Waals surface area contributed by atoms with E-state index >= 15 is 0 Å². The zero-order valence-electron chi connectivity index (χ0n) is 15.4. The molecule has 0 radical (unpaired) electrons. The van der Waals surface area contributed by atoms with Crippen LogP contribution >= 0.6 is 0 Å². The molecule has 1 amide bonds. The minimum Gasteiger partial charge on any atom is -0.364 e. The molecule has 28 heavy (non-hydrogen) atoms. The highest BCUT2D eigenvalue weighted by atomic mass is 16.5. The number of fused-ring (bicyclic) bond motifs is 1. The number of rotatable bonds is 3. The molecule has 5 rings (SSSR count). The van der Waals surface area contributed by atoms with Crippen LogP contribution in [-0.2, 0) is 0 Å². The number of nitrogens with zero attached hydrogens (tertiary/aromatic N) is 2. The van der Waals surface area contributed by atoms with Crippen molar-refractivity contribution in [1.29, 1.82) is 0 Å². The fourth-order valence-corrected chi connectivity index (χ4v) is 4.32. The van der Waals surface area contributed by atoms with Gasteiger partial charge in [0.1, 0.15) is 6.26 Å². The zero-order valence-corrected chi connectivity index (χ0v) is 15.4. The first kappa shape index (κ1) is 17.2. The third-order valence-electron chi connectivity index (χ3n) is 5.83. The van der Waals surface area contributed by atoms with Crippen molar-refractivity contribution in [2.45, 2.75) is 18.5 Å². The van der Waals surface area contributed by atoms with E-state index in [0.29, 0.717) is 24.2 Å². The topological polar surface area (TPSA) is 70.4 Å². The number of carbonyl (C=O) groups is 1. The maximum atomic E-state index is 12.7. The quantitative estimate of drug-likeness (QED) is 0.737. The molecule has 3 heterocycles. The lowest BCUT2D eigenvalue weighted by molar-refractivity contribution is 0.0642. The number of benzene rings is 2. The minimum absolute atomic E-state index is 0.0581. The average Bonchev–Trinajstić information content (AvgIpc) is 3.44. The second-order valence-corrected chi connectivity index (χ2v) is 7.45. The Labute approximate surface area is 163 Å². The van der Waals surface area contributed by atoms with Crippen LogP contribution in [0.2, 0.25) is 0 Å². The number of likely N-dealkylation sites (tertiary alicyclic amines) is 1. The largest absolute Gasteiger partial charge is 0.364 e. The number of aromatic nitrogens is 1. The Morgan fingerprint density at radius 2 is 1.79 bits per heavy atom. The number of hydrazine groups is 1. The van der Waals surface area contributed by atoms with Crippen LogP contribution in [0.5, 0.6) is 0 Å². The van der Waals surface area contributed by atoms with Crippen molar-refractivity contribution in [3.8, 4) is 11.1 Å². The summed E-state index contributed by atoms with van der Waals surface area (Å²) in [6.45, 7) is 1.42. The van der Waals surface area contributed by atoms with Crippen molar-refractivity contribution in [3.05, 3.63) is 78.2 Å². The third kappa shape index (κ3) is 3.10. The molecule has 2 aromatic carbocycles. The maximum absolute atomic E-state index is 12.7. The Balaban J connectivity index is 1.34. The molecule has 2 fully saturated rings. The molecule has 2 N–H and O–H groups in total. The lowest BCUT2D eigenvalue weighted by Crippen LogP contribution is -2.47. The fourth-order valence-electron chi connectivity index (χ4n) is 4.32. The lowest BCUT2D eigenvalue weighted by atomic mass is 9.84. The monoisotopic (exact) mass is 374 g/mol. The van der Waals surface area contributed by atoms with Gasteiger partial charge in [0.2, 0.25) is 0 Å². The third-order valence-corrected chi connectivity index (χ3v) is 5.83. The molecule has 2 aliphatic heterocycles. The van der Waals surface area contributed by atoms with Gasteiger partial charge in [0, 0.05) is 31.1 Å². The molecular weight excluding hydrogens is 352 g/mol. The molecule has 3 unspecified atom stereocenters. The first-order valence-corrected chi connectivity index (χ1v) is 9.66. The van der Waals surface area contributed by atoms with Gasteiger partial charge in [0.05, 0.1) is 6.04 Å². The summed E-state index contributed by atoms with van der Waals surface area (Å²) < 4.78 is 4.83. The number of piperidine rings is 1. The highest BCUT2D eigenvalue weighted by Crippen LogP contribution is 2.34. The summed E-state index contributed by atoms with van der Waals surface area (Å²) in [4.78, 5) is 14.5. The fraction of sp³-hybridized carbons (Fsp3) is 0.273. The van der Waals surface area contributed by atoms with E-state index in [1.807, 2.05) is 11.0 Å². The van der Waals surface area contributed by atoms with Gasteiger partial charge in [-0.3, -0.25) is 10.2 Å². The summed E-state index contributed by atoms with van der Waals surface area (Å²) in [5.41, 5.74) is 10.9. The van der Waals surface area contributed by atoms with Crippen molar-refractivity contribution in [2.75, 3.05) is 13.1 Å². The van der Waals surface area contributed by atoms with Crippen LogP contribution in [0, 0.1) is 5.92 Å². The molecule has 1 aromatic heterocycles. The summed E-state index contributed by atoms with van der Waals surface area (Å²) >= 11 is 0. The van der Waals surface area contributed by atoms with Gasteiger partial charge < -0.3 is 9.42 Å². The first-order valence-electron chi connectivity index (χ1n) is 9.66. The molecule has 6 heteroatoms. The predicted octanol–water partition coefficient (Wildman–Crippen LogP) is 3.02. The van der Waals surface area contributed by atoms with Crippen LogP contribution in [0.3, 0.4) is 0 Å². The SMILES string of the molecule is O=C(c1ccon1)N1CCC2NNC(c3ccc(-c4ccccc4)cc3)C2C1. The van der Waals surface area contributed by atoms with Gasteiger partial charge in [-0.2, -0.15) is 0 Å². The number of nitrogens with one attached hydrogen (secondary N) is 2. The van der Waals surface area contributed by atoms with Crippen LogP contribution in [0.1, 0.15) is 28.5 Å². The van der Waals surface area contributed by atoms with Crippen molar-refractivity contribution in [1.82, 2.24) is 20.9 Å². The van der Waals surface area contributed by atoms with Crippen molar-refractivity contribution < 1.29 is 9.32 Å². The number of carbonyl (C=O) groups excluding carboxylic acids is 1. The molecule has 0 aliphatic carbocycles. The van der Waals surface area contributed by atoms with Crippen molar-refractivity contribution >= 4 is 5.91 Å². The van der Waals surface area contributed by atoms with E-state index in [4.69, 9.17) is 4.52 Å². The lowest BCUT2D eigenvalue weighted by Gasteiger charge is -2.35. The molecule has 0 saturated carbocycles. The van der Waals surface area contributed by atoms with Gasteiger partial charge in [0.15, 0.2) is 5.69 Å². The summed E-state index contributed by atoms with van der Waals surface area (Å²) in [5, 5.41) is 3.80.